The molecule has 0 aliphatic carbocycles. The molecule has 0 atom stereocenters. The van der Waals surface area contributed by atoms with E-state index in [9.17, 15) is 0 Å². The lowest BCUT2D eigenvalue weighted by Crippen LogP contribution is -1.98. The molecule has 22 heavy (non-hydrogen) atoms. The molecule has 110 valence electrons. The number of methoxy groups -OCH3 is 1. The standard InChI is InChI=1S/C16H15N5O/c1-11-7-9-17-15(19-11)12-3-5-13(6-4-12)20-16-18-10-8-14(21-16)22-2/h3-10H,1-2H3,(H,18,20,21). The number of hydrogen-bond donors (Lipinski definition) is 1. The van der Waals surface area contributed by atoms with Gasteiger partial charge < -0.3 is 10.1 Å². The third kappa shape index (κ3) is 3.17. The van der Waals surface area contributed by atoms with Crippen LogP contribution in [0.2, 0.25) is 0 Å². The fourth-order valence-electron chi connectivity index (χ4n) is 1.94. The fourth-order valence-corrected chi connectivity index (χ4v) is 1.94. The van der Waals surface area contributed by atoms with Crippen molar-refractivity contribution < 1.29 is 4.74 Å². The molecule has 0 radical (unpaired) electrons. The van der Waals surface area contributed by atoms with Gasteiger partial charge in [0, 0.05) is 35.4 Å². The number of aryl methyl sites for hydroxylation is 1. The van der Waals surface area contributed by atoms with Gasteiger partial charge in [0.2, 0.25) is 11.8 Å². The molecule has 2 heterocycles. The van der Waals surface area contributed by atoms with Crippen LogP contribution in [0.4, 0.5) is 11.6 Å². The van der Waals surface area contributed by atoms with Gasteiger partial charge in [-0.1, -0.05) is 0 Å². The minimum atomic E-state index is 0.485. The van der Waals surface area contributed by atoms with Gasteiger partial charge >= 0.3 is 0 Å². The van der Waals surface area contributed by atoms with E-state index in [2.05, 4.69) is 25.3 Å². The maximum Gasteiger partial charge on any atom is 0.230 e. The van der Waals surface area contributed by atoms with Crippen molar-refractivity contribution in [1.29, 1.82) is 0 Å². The first-order chi connectivity index (χ1) is 10.7. The average molecular weight is 293 g/mol. The Morgan fingerprint density at radius 2 is 1.68 bits per heavy atom. The topological polar surface area (TPSA) is 72.8 Å². The Morgan fingerprint density at radius 3 is 2.41 bits per heavy atom. The summed E-state index contributed by atoms with van der Waals surface area (Å²) in [5, 5.41) is 3.13. The van der Waals surface area contributed by atoms with E-state index in [0.29, 0.717) is 17.7 Å². The minimum absolute atomic E-state index is 0.485. The molecule has 6 nitrogen and oxygen atoms in total. The van der Waals surface area contributed by atoms with Crippen LogP contribution >= 0.6 is 0 Å². The highest BCUT2D eigenvalue weighted by Crippen LogP contribution is 2.20. The summed E-state index contributed by atoms with van der Waals surface area (Å²) in [5.41, 5.74) is 2.78. The molecule has 0 saturated heterocycles. The van der Waals surface area contributed by atoms with Crippen LogP contribution in [0, 0.1) is 6.92 Å². The molecular weight excluding hydrogens is 278 g/mol. The van der Waals surface area contributed by atoms with Gasteiger partial charge in [-0.05, 0) is 37.3 Å². The summed E-state index contributed by atoms with van der Waals surface area (Å²) in [4.78, 5) is 17.0. The van der Waals surface area contributed by atoms with Gasteiger partial charge in [0.15, 0.2) is 5.82 Å². The van der Waals surface area contributed by atoms with E-state index in [1.165, 1.54) is 0 Å². The molecule has 1 N–H and O–H groups in total. The zero-order valence-electron chi connectivity index (χ0n) is 12.3. The van der Waals surface area contributed by atoms with E-state index in [1.807, 2.05) is 37.3 Å². The summed E-state index contributed by atoms with van der Waals surface area (Å²) >= 11 is 0. The highest BCUT2D eigenvalue weighted by molar-refractivity contribution is 5.62. The van der Waals surface area contributed by atoms with Crippen LogP contribution in [0.1, 0.15) is 5.69 Å². The average Bonchev–Trinajstić information content (AvgIpc) is 2.56. The van der Waals surface area contributed by atoms with Crippen molar-refractivity contribution in [1.82, 2.24) is 19.9 Å². The van der Waals surface area contributed by atoms with Crippen LogP contribution < -0.4 is 10.1 Å². The van der Waals surface area contributed by atoms with Gasteiger partial charge in [-0.3, -0.25) is 0 Å². The molecule has 0 bridgehead atoms. The van der Waals surface area contributed by atoms with Crippen LogP contribution in [0.3, 0.4) is 0 Å². The second kappa shape index (κ2) is 6.17. The van der Waals surface area contributed by atoms with Gasteiger partial charge in [0.05, 0.1) is 7.11 Å². The number of benzene rings is 1. The summed E-state index contributed by atoms with van der Waals surface area (Å²) < 4.78 is 5.07. The van der Waals surface area contributed by atoms with E-state index < -0.39 is 0 Å². The first-order valence-corrected chi connectivity index (χ1v) is 6.79. The molecule has 1 aromatic carbocycles. The molecule has 6 heteroatoms. The smallest absolute Gasteiger partial charge is 0.230 e. The zero-order chi connectivity index (χ0) is 15.4. The van der Waals surface area contributed by atoms with E-state index in [1.54, 1.807) is 25.6 Å². The molecule has 0 spiro atoms. The number of nitrogens with one attached hydrogen (secondary N) is 1. The van der Waals surface area contributed by atoms with Gasteiger partial charge in [-0.25, -0.2) is 15.0 Å². The summed E-state index contributed by atoms with van der Waals surface area (Å²) in [5.74, 6) is 1.71. The fraction of sp³-hybridized carbons (Fsp3) is 0.125. The second-order valence-corrected chi connectivity index (χ2v) is 4.65. The Balaban J connectivity index is 1.79. The number of hydrogen-bond acceptors (Lipinski definition) is 6. The number of aromatic nitrogens is 4. The molecule has 0 aliphatic rings. The number of ether oxygens (including phenoxy) is 1. The molecule has 2 aromatic heterocycles. The van der Waals surface area contributed by atoms with Gasteiger partial charge in [-0.2, -0.15) is 4.98 Å². The SMILES string of the molecule is COc1ccnc(Nc2ccc(-c3nccc(C)n3)cc2)n1. The lowest BCUT2D eigenvalue weighted by molar-refractivity contribution is 0.397. The van der Waals surface area contributed by atoms with Crippen molar-refractivity contribution in [3.63, 3.8) is 0 Å². The van der Waals surface area contributed by atoms with Gasteiger partial charge in [0.1, 0.15) is 0 Å². The van der Waals surface area contributed by atoms with Gasteiger partial charge in [-0.15, -0.1) is 0 Å². The number of anilines is 2. The molecule has 0 amide bonds. The molecule has 3 rings (SSSR count). The van der Waals surface area contributed by atoms with Crippen molar-refractivity contribution in [3.8, 4) is 17.3 Å². The molecule has 3 aromatic rings. The first-order valence-electron chi connectivity index (χ1n) is 6.79. The normalized spacial score (nSPS) is 10.3. The van der Waals surface area contributed by atoms with Crippen molar-refractivity contribution in [2.45, 2.75) is 6.92 Å². The predicted octanol–water partition coefficient (Wildman–Crippen LogP) is 2.99. The zero-order valence-corrected chi connectivity index (χ0v) is 12.3. The summed E-state index contributed by atoms with van der Waals surface area (Å²) in [6, 6.07) is 11.4. The number of rotatable bonds is 4. The highest BCUT2D eigenvalue weighted by atomic mass is 16.5. The highest BCUT2D eigenvalue weighted by Gasteiger charge is 2.03. The molecule has 0 unspecified atom stereocenters. The first kappa shape index (κ1) is 13.9. The predicted molar refractivity (Wildman–Crippen MR) is 84.1 cm³/mol. The Kier molecular flexibility index (Phi) is 3.91. The summed E-state index contributed by atoms with van der Waals surface area (Å²) in [6.07, 6.45) is 3.40. The summed E-state index contributed by atoms with van der Waals surface area (Å²) in [6.45, 7) is 1.95. The van der Waals surface area contributed by atoms with Crippen LogP contribution in [0.5, 0.6) is 5.88 Å². The second-order valence-electron chi connectivity index (χ2n) is 4.65. The maximum atomic E-state index is 5.07. The Morgan fingerprint density at radius 1 is 0.909 bits per heavy atom. The minimum Gasteiger partial charge on any atom is -0.481 e. The monoisotopic (exact) mass is 293 g/mol. The molecular formula is C16H15N5O. The third-order valence-electron chi connectivity index (χ3n) is 3.03. The lowest BCUT2D eigenvalue weighted by atomic mass is 10.2. The largest absolute Gasteiger partial charge is 0.481 e. The maximum absolute atomic E-state index is 5.07. The number of nitrogens with zero attached hydrogens (tertiary/aromatic N) is 4. The molecule has 0 saturated carbocycles. The van der Waals surface area contributed by atoms with E-state index in [4.69, 9.17) is 4.74 Å². The van der Waals surface area contributed by atoms with Crippen LogP contribution in [0.25, 0.3) is 11.4 Å². The van der Waals surface area contributed by atoms with Crippen LogP contribution in [-0.4, -0.2) is 27.0 Å². The van der Waals surface area contributed by atoms with Crippen molar-refractivity contribution in [2.24, 2.45) is 0 Å². The Hall–Kier alpha value is -3.02. The quantitative estimate of drug-likeness (QED) is 0.797. The van der Waals surface area contributed by atoms with Crippen LogP contribution in [0.15, 0.2) is 48.8 Å². The van der Waals surface area contributed by atoms with E-state index >= 15 is 0 Å². The van der Waals surface area contributed by atoms with Crippen molar-refractivity contribution >= 4 is 11.6 Å². The molecule has 0 aliphatic heterocycles. The lowest BCUT2D eigenvalue weighted by Gasteiger charge is -2.07. The Labute approximate surface area is 128 Å². The van der Waals surface area contributed by atoms with E-state index in [0.717, 1.165) is 16.9 Å². The molecule has 0 fully saturated rings. The summed E-state index contributed by atoms with van der Waals surface area (Å²) in [7, 11) is 1.57. The van der Waals surface area contributed by atoms with Crippen molar-refractivity contribution in [3.05, 3.63) is 54.5 Å². The van der Waals surface area contributed by atoms with Crippen molar-refractivity contribution in [2.75, 3.05) is 12.4 Å². The van der Waals surface area contributed by atoms with Crippen LogP contribution in [-0.2, 0) is 0 Å². The Bertz CT molecular complexity index is 773. The van der Waals surface area contributed by atoms with Gasteiger partial charge in [0.25, 0.3) is 0 Å². The van der Waals surface area contributed by atoms with E-state index in [-0.39, 0.29) is 0 Å². The third-order valence-corrected chi connectivity index (χ3v) is 3.03.